The first kappa shape index (κ1) is 9.96. The molecule has 1 aliphatic rings. The van der Waals surface area contributed by atoms with Crippen LogP contribution in [0.25, 0.3) is 0 Å². The number of carbonyl (C=O) groups is 1. The summed E-state index contributed by atoms with van der Waals surface area (Å²) in [5, 5.41) is 10.0. The van der Waals surface area contributed by atoms with Crippen LogP contribution in [0, 0.1) is 11.3 Å². The normalized spacial score (nSPS) is 23.5. The van der Waals surface area contributed by atoms with Crippen molar-refractivity contribution in [3.63, 3.8) is 0 Å². The number of nitrogens with zero attached hydrogens (tertiary/aromatic N) is 2. The molecule has 5 nitrogen and oxygen atoms in total. The zero-order valence-electron chi connectivity index (χ0n) is 7.52. The fourth-order valence-electron chi connectivity index (χ4n) is 0.995. The summed E-state index contributed by atoms with van der Waals surface area (Å²) in [6.07, 6.45) is -0.146. The summed E-state index contributed by atoms with van der Waals surface area (Å²) >= 11 is 0. The van der Waals surface area contributed by atoms with Crippen LogP contribution in [-0.2, 0) is 14.4 Å². The van der Waals surface area contributed by atoms with E-state index in [0.29, 0.717) is 26.1 Å². The average Bonchev–Trinajstić information content (AvgIpc) is 2.18. The minimum Gasteiger partial charge on any atom is -0.368 e. The fourth-order valence-corrected chi connectivity index (χ4v) is 0.995. The first-order valence-corrected chi connectivity index (χ1v) is 4.23. The van der Waals surface area contributed by atoms with Crippen molar-refractivity contribution >= 4 is 5.97 Å². The summed E-state index contributed by atoms with van der Waals surface area (Å²) in [4.78, 5) is 15.8. The Morgan fingerprint density at radius 3 is 3.23 bits per heavy atom. The van der Waals surface area contributed by atoms with Crippen LogP contribution in [0.3, 0.4) is 0 Å². The first-order valence-electron chi connectivity index (χ1n) is 4.23. The Labute approximate surface area is 76.8 Å². The predicted molar refractivity (Wildman–Crippen MR) is 43.3 cm³/mol. The molecule has 1 rings (SSSR count). The number of morpholine rings is 1. The van der Waals surface area contributed by atoms with Gasteiger partial charge in [0.05, 0.1) is 25.8 Å². The summed E-state index contributed by atoms with van der Waals surface area (Å²) in [7, 11) is 0. The van der Waals surface area contributed by atoms with Gasteiger partial charge < -0.3 is 9.57 Å². The highest BCUT2D eigenvalue weighted by molar-refractivity contribution is 5.68. The van der Waals surface area contributed by atoms with Crippen molar-refractivity contribution in [2.75, 3.05) is 19.7 Å². The molecule has 72 valence electrons. The quantitative estimate of drug-likeness (QED) is 0.608. The Morgan fingerprint density at radius 1 is 1.85 bits per heavy atom. The molecule has 1 fully saturated rings. The Kier molecular flexibility index (Phi) is 3.68. The standard InChI is InChI=1S/C8H12N2O3/c1-2-8(11)13-10-3-4-12-7(5-9)6-10/h7H,2-4,6H2,1H3. The van der Waals surface area contributed by atoms with Gasteiger partial charge >= 0.3 is 5.97 Å². The van der Waals surface area contributed by atoms with Gasteiger partial charge in [-0.15, -0.1) is 5.06 Å². The van der Waals surface area contributed by atoms with Crippen molar-refractivity contribution in [1.29, 1.82) is 5.26 Å². The molecule has 0 N–H and O–H groups in total. The van der Waals surface area contributed by atoms with Gasteiger partial charge in [-0.1, -0.05) is 6.92 Å². The van der Waals surface area contributed by atoms with Gasteiger partial charge in [0.25, 0.3) is 0 Å². The van der Waals surface area contributed by atoms with E-state index in [-0.39, 0.29) is 5.97 Å². The molecule has 0 bridgehead atoms. The maximum Gasteiger partial charge on any atom is 0.324 e. The molecule has 0 radical (unpaired) electrons. The third-order valence-corrected chi connectivity index (χ3v) is 1.69. The van der Waals surface area contributed by atoms with E-state index in [4.69, 9.17) is 14.8 Å². The van der Waals surface area contributed by atoms with E-state index >= 15 is 0 Å². The first-order chi connectivity index (χ1) is 6.26. The molecule has 5 heteroatoms. The minimum absolute atomic E-state index is 0.279. The van der Waals surface area contributed by atoms with E-state index in [2.05, 4.69) is 0 Å². The van der Waals surface area contributed by atoms with Gasteiger partial charge in [0.15, 0.2) is 6.10 Å². The third kappa shape index (κ3) is 3.01. The van der Waals surface area contributed by atoms with Crippen LogP contribution < -0.4 is 0 Å². The number of ether oxygens (including phenoxy) is 1. The lowest BCUT2D eigenvalue weighted by Gasteiger charge is -2.27. The van der Waals surface area contributed by atoms with Gasteiger partial charge in [-0.3, -0.25) is 4.79 Å². The van der Waals surface area contributed by atoms with Crippen molar-refractivity contribution in [2.24, 2.45) is 0 Å². The SMILES string of the molecule is CCC(=O)ON1CCOC(C#N)C1. The largest absolute Gasteiger partial charge is 0.368 e. The molecule has 0 saturated carbocycles. The monoisotopic (exact) mass is 184 g/mol. The van der Waals surface area contributed by atoms with E-state index in [0.717, 1.165) is 0 Å². The van der Waals surface area contributed by atoms with Crippen molar-refractivity contribution < 1.29 is 14.4 Å². The summed E-state index contributed by atoms with van der Waals surface area (Å²) in [6.45, 7) is 3.02. The molecule has 1 atom stereocenters. The Balaban J connectivity index is 2.35. The van der Waals surface area contributed by atoms with Gasteiger partial charge in [-0.2, -0.15) is 5.26 Å². The van der Waals surface area contributed by atoms with Gasteiger partial charge in [0, 0.05) is 6.42 Å². The molecule has 1 unspecified atom stereocenters. The van der Waals surface area contributed by atoms with E-state index < -0.39 is 6.10 Å². The highest BCUT2D eigenvalue weighted by atomic mass is 16.7. The summed E-state index contributed by atoms with van der Waals surface area (Å²) in [5.74, 6) is -0.279. The van der Waals surface area contributed by atoms with Gasteiger partial charge in [-0.05, 0) is 0 Å². The predicted octanol–water partition coefficient (Wildman–Crippen LogP) is 0.0790. The highest BCUT2D eigenvalue weighted by Gasteiger charge is 2.22. The molecule has 0 aliphatic carbocycles. The number of hydrogen-bond acceptors (Lipinski definition) is 5. The van der Waals surface area contributed by atoms with Crippen LogP contribution in [0.15, 0.2) is 0 Å². The molecule has 0 spiro atoms. The molecular weight excluding hydrogens is 172 g/mol. The molecule has 0 amide bonds. The summed E-state index contributed by atoms with van der Waals surface area (Å²) in [5.41, 5.74) is 0. The molecular formula is C8H12N2O3. The number of rotatable bonds is 2. The van der Waals surface area contributed by atoms with Crippen LogP contribution in [0.1, 0.15) is 13.3 Å². The maximum absolute atomic E-state index is 10.9. The highest BCUT2D eigenvalue weighted by Crippen LogP contribution is 2.05. The van der Waals surface area contributed by atoms with E-state index in [1.807, 2.05) is 6.07 Å². The molecule has 1 heterocycles. The van der Waals surface area contributed by atoms with Crippen LogP contribution >= 0.6 is 0 Å². The summed E-state index contributed by atoms with van der Waals surface area (Å²) in [6, 6.07) is 1.97. The molecule has 0 aromatic heterocycles. The molecule has 0 aromatic rings. The van der Waals surface area contributed by atoms with E-state index in [1.54, 1.807) is 6.92 Å². The lowest BCUT2D eigenvalue weighted by molar-refractivity contribution is -0.210. The van der Waals surface area contributed by atoms with E-state index in [1.165, 1.54) is 5.06 Å². The second-order valence-corrected chi connectivity index (χ2v) is 2.69. The molecule has 0 aromatic carbocycles. The topological polar surface area (TPSA) is 62.6 Å². The van der Waals surface area contributed by atoms with Gasteiger partial charge in [-0.25, -0.2) is 0 Å². The zero-order chi connectivity index (χ0) is 9.68. The molecule has 1 saturated heterocycles. The Bertz CT molecular complexity index is 224. The fraction of sp³-hybridized carbons (Fsp3) is 0.750. The second kappa shape index (κ2) is 4.80. The minimum atomic E-state index is -0.488. The smallest absolute Gasteiger partial charge is 0.324 e. The van der Waals surface area contributed by atoms with Crippen molar-refractivity contribution in [1.82, 2.24) is 5.06 Å². The zero-order valence-corrected chi connectivity index (χ0v) is 7.52. The second-order valence-electron chi connectivity index (χ2n) is 2.69. The van der Waals surface area contributed by atoms with Crippen LogP contribution in [0.2, 0.25) is 0 Å². The van der Waals surface area contributed by atoms with E-state index in [9.17, 15) is 4.79 Å². The Hall–Kier alpha value is -1.12. The number of nitriles is 1. The Morgan fingerprint density at radius 2 is 2.62 bits per heavy atom. The number of carbonyl (C=O) groups excluding carboxylic acids is 1. The number of hydrogen-bond donors (Lipinski definition) is 0. The van der Waals surface area contributed by atoms with Crippen molar-refractivity contribution in [3.05, 3.63) is 0 Å². The molecule has 1 aliphatic heterocycles. The average molecular weight is 184 g/mol. The van der Waals surface area contributed by atoms with Gasteiger partial charge in [0.2, 0.25) is 0 Å². The lowest BCUT2D eigenvalue weighted by Crippen LogP contribution is -2.42. The van der Waals surface area contributed by atoms with Crippen molar-refractivity contribution in [2.45, 2.75) is 19.4 Å². The van der Waals surface area contributed by atoms with Crippen LogP contribution in [-0.4, -0.2) is 36.8 Å². The number of hydroxylamine groups is 2. The van der Waals surface area contributed by atoms with Crippen molar-refractivity contribution in [3.8, 4) is 6.07 Å². The maximum atomic E-state index is 10.9. The van der Waals surface area contributed by atoms with Crippen LogP contribution in [0.4, 0.5) is 0 Å². The third-order valence-electron chi connectivity index (χ3n) is 1.69. The van der Waals surface area contributed by atoms with Crippen LogP contribution in [0.5, 0.6) is 0 Å². The molecule has 13 heavy (non-hydrogen) atoms. The summed E-state index contributed by atoms with van der Waals surface area (Å²) < 4.78 is 5.08. The lowest BCUT2D eigenvalue weighted by atomic mass is 10.3. The van der Waals surface area contributed by atoms with Gasteiger partial charge in [0.1, 0.15) is 0 Å².